The highest BCUT2D eigenvalue weighted by molar-refractivity contribution is 5.69. The van der Waals surface area contributed by atoms with Gasteiger partial charge in [0.15, 0.2) is 5.76 Å². The van der Waals surface area contributed by atoms with E-state index in [1.165, 1.54) is 5.56 Å². The van der Waals surface area contributed by atoms with Crippen LogP contribution in [0.2, 0.25) is 0 Å². The van der Waals surface area contributed by atoms with Crippen molar-refractivity contribution in [3.63, 3.8) is 0 Å². The fraction of sp³-hybridized carbons (Fsp3) is 0.250. The van der Waals surface area contributed by atoms with Crippen molar-refractivity contribution in [2.45, 2.75) is 13.5 Å². The minimum absolute atomic E-state index is 0.134. The van der Waals surface area contributed by atoms with E-state index in [-0.39, 0.29) is 13.1 Å². The zero-order chi connectivity index (χ0) is 15.2. The molecule has 1 aromatic heterocycles. The molecule has 0 aliphatic heterocycles. The number of terminal acetylenes is 1. The highest BCUT2D eigenvalue weighted by atomic mass is 16.5. The maximum Gasteiger partial charge on any atom is 0.317 e. The molecule has 0 spiro atoms. The topological polar surface area (TPSA) is 66.6 Å². The summed E-state index contributed by atoms with van der Waals surface area (Å²) < 4.78 is 5.25. The van der Waals surface area contributed by atoms with Crippen molar-refractivity contribution in [1.82, 2.24) is 10.1 Å². The maximum atomic E-state index is 10.8. The number of nitrogens with zero attached hydrogens (tertiary/aromatic N) is 2. The van der Waals surface area contributed by atoms with Gasteiger partial charge in [0, 0.05) is 11.6 Å². The molecule has 0 fully saturated rings. The second kappa shape index (κ2) is 6.73. The average Bonchev–Trinajstić information content (AvgIpc) is 2.87. The lowest BCUT2D eigenvalue weighted by Crippen LogP contribution is -2.29. The first-order valence-corrected chi connectivity index (χ1v) is 6.48. The van der Waals surface area contributed by atoms with Crippen LogP contribution in [0, 0.1) is 19.3 Å². The Bertz CT molecular complexity index is 653. The molecule has 5 nitrogen and oxygen atoms in total. The molecule has 1 aromatic carbocycles. The van der Waals surface area contributed by atoms with Crippen molar-refractivity contribution in [3.05, 3.63) is 41.7 Å². The van der Waals surface area contributed by atoms with Crippen LogP contribution in [0.1, 0.15) is 11.3 Å². The van der Waals surface area contributed by atoms with Crippen LogP contribution in [-0.4, -0.2) is 34.2 Å². The zero-order valence-corrected chi connectivity index (χ0v) is 11.7. The molecular formula is C16H16N2O3. The lowest BCUT2D eigenvalue weighted by Gasteiger charge is -2.14. The lowest BCUT2D eigenvalue weighted by molar-refractivity contribution is -0.138. The van der Waals surface area contributed by atoms with Gasteiger partial charge in [0.25, 0.3) is 0 Å². The molecule has 1 heterocycles. The molecule has 0 saturated heterocycles. The van der Waals surface area contributed by atoms with Gasteiger partial charge in [-0.3, -0.25) is 9.69 Å². The third kappa shape index (κ3) is 4.20. The molecule has 0 radical (unpaired) electrons. The second-order valence-electron chi connectivity index (χ2n) is 4.79. The van der Waals surface area contributed by atoms with Gasteiger partial charge in [0.05, 0.1) is 19.6 Å². The molecule has 0 aliphatic carbocycles. The van der Waals surface area contributed by atoms with Crippen molar-refractivity contribution >= 4 is 5.97 Å². The van der Waals surface area contributed by atoms with Gasteiger partial charge in [-0.1, -0.05) is 40.9 Å². The Labute approximate surface area is 123 Å². The summed E-state index contributed by atoms with van der Waals surface area (Å²) in [6, 6.07) is 9.73. The monoisotopic (exact) mass is 284 g/mol. The smallest absolute Gasteiger partial charge is 0.317 e. The van der Waals surface area contributed by atoms with E-state index in [2.05, 4.69) is 11.1 Å². The van der Waals surface area contributed by atoms with Gasteiger partial charge in [0.1, 0.15) is 5.69 Å². The summed E-state index contributed by atoms with van der Waals surface area (Å²) in [6.07, 6.45) is 5.24. The van der Waals surface area contributed by atoms with Crippen molar-refractivity contribution in [1.29, 1.82) is 0 Å². The van der Waals surface area contributed by atoms with Crippen LogP contribution >= 0.6 is 0 Å². The van der Waals surface area contributed by atoms with Crippen molar-refractivity contribution in [2.24, 2.45) is 0 Å². The minimum atomic E-state index is -0.927. The molecule has 2 aromatic rings. The predicted molar refractivity (Wildman–Crippen MR) is 78.4 cm³/mol. The van der Waals surface area contributed by atoms with E-state index in [4.69, 9.17) is 16.1 Å². The molecule has 2 rings (SSSR count). The fourth-order valence-electron chi connectivity index (χ4n) is 1.96. The van der Waals surface area contributed by atoms with Gasteiger partial charge in [0.2, 0.25) is 0 Å². The number of aromatic nitrogens is 1. The molecule has 0 unspecified atom stereocenters. The fourth-order valence-corrected chi connectivity index (χ4v) is 1.96. The lowest BCUT2D eigenvalue weighted by atomic mass is 10.1. The van der Waals surface area contributed by atoms with Crippen molar-refractivity contribution in [2.75, 3.05) is 13.1 Å². The Kier molecular flexibility index (Phi) is 4.75. The number of hydrogen-bond donors (Lipinski definition) is 1. The quantitative estimate of drug-likeness (QED) is 0.823. The molecule has 21 heavy (non-hydrogen) atoms. The first-order valence-electron chi connectivity index (χ1n) is 6.48. The Morgan fingerprint density at radius 2 is 2.14 bits per heavy atom. The molecular weight excluding hydrogens is 268 g/mol. The number of aliphatic carboxylic acids is 1. The number of hydrogen-bond acceptors (Lipinski definition) is 4. The van der Waals surface area contributed by atoms with Crippen LogP contribution in [0.15, 0.2) is 34.9 Å². The number of carbonyl (C=O) groups is 1. The van der Waals surface area contributed by atoms with Crippen molar-refractivity contribution < 1.29 is 14.4 Å². The summed E-state index contributed by atoms with van der Waals surface area (Å²) in [4.78, 5) is 12.4. The van der Waals surface area contributed by atoms with Crippen LogP contribution in [0.3, 0.4) is 0 Å². The first kappa shape index (κ1) is 14.8. The van der Waals surface area contributed by atoms with Crippen LogP contribution < -0.4 is 0 Å². The van der Waals surface area contributed by atoms with Crippen molar-refractivity contribution in [3.8, 4) is 23.6 Å². The molecule has 0 saturated carbocycles. The van der Waals surface area contributed by atoms with Gasteiger partial charge in [-0.25, -0.2) is 0 Å². The van der Waals surface area contributed by atoms with Gasteiger partial charge < -0.3 is 9.63 Å². The van der Waals surface area contributed by atoms with Gasteiger partial charge in [-0.2, -0.15) is 0 Å². The molecule has 1 N–H and O–H groups in total. The highest BCUT2D eigenvalue weighted by Crippen LogP contribution is 2.20. The molecule has 108 valence electrons. The van der Waals surface area contributed by atoms with Gasteiger partial charge in [-0.15, -0.1) is 6.42 Å². The van der Waals surface area contributed by atoms with E-state index in [9.17, 15) is 4.79 Å². The SMILES string of the molecule is C#CCN(CC(=O)O)Cc1cc(-c2ccc(C)cc2)no1. The van der Waals surface area contributed by atoms with Gasteiger partial charge in [-0.05, 0) is 6.92 Å². The summed E-state index contributed by atoms with van der Waals surface area (Å²) in [5.74, 6) is 2.10. The average molecular weight is 284 g/mol. The van der Waals surface area contributed by atoms with Crippen LogP contribution in [-0.2, 0) is 11.3 Å². The van der Waals surface area contributed by atoms with E-state index < -0.39 is 5.97 Å². The second-order valence-corrected chi connectivity index (χ2v) is 4.79. The van der Waals surface area contributed by atoms with E-state index in [0.29, 0.717) is 12.3 Å². The number of aryl methyl sites for hydroxylation is 1. The third-order valence-corrected chi connectivity index (χ3v) is 2.96. The van der Waals surface area contributed by atoms with Crippen LogP contribution in [0.4, 0.5) is 0 Å². The van der Waals surface area contributed by atoms with Gasteiger partial charge >= 0.3 is 5.97 Å². The van der Waals surface area contributed by atoms with E-state index >= 15 is 0 Å². The summed E-state index contributed by atoms with van der Waals surface area (Å²) in [6.45, 7) is 2.44. The Morgan fingerprint density at radius 3 is 2.76 bits per heavy atom. The summed E-state index contributed by atoms with van der Waals surface area (Å²) in [7, 11) is 0. The molecule has 0 amide bonds. The van der Waals surface area contributed by atoms with Crippen LogP contribution in [0.5, 0.6) is 0 Å². The highest BCUT2D eigenvalue weighted by Gasteiger charge is 2.13. The predicted octanol–water partition coefficient (Wildman–Crippen LogP) is 2.17. The standard InChI is InChI=1S/C16H16N2O3/c1-3-8-18(11-16(19)20)10-14-9-15(17-21-14)13-6-4-12(2)5-7-13/h1,4-7,9H,8,10-11H2,2H3,(H,19,20). The van der Waals surface area contributed by atoms with E-state index in [1.54, 1.807) is 11.0 Å². The first-order chi connectivity index (χ1) is 10.1. The summed E-state index contributed by atoms with van der Waals surface area (Å²) in [5, 5.41) is 12.8. The molecule has 5 heteroatoms. The summed E-state index contributed by atoms with van der Waals surface area (Å²) >= 11 is 0. The summed E-state index contributed by atoms with van der Waals surface area (Å²) in [5.41, 5.74) is 2.85. The third-order valence-electron chi connectivity index (χ3n) is 2.96. The van der Waals surface area contributed by atoms with E-state index in [1.807, 2.05) is 31.2 Å². The number of carboxylic acids is 1. The molecule has 0 bridgehead atoms. The zero-order valence-electron chi connectivity index (χ0n) is 11.7. The Hall–Kier alpha value is -2.58. The minimum Gasteiger partial charge on any atom is -0.480 e. The molecule has 0 atom stereocenters. The normalized spacial score (nSPS) is 10.5. The van der Waals surface area contributed by atoms with E-state index in [0.717, 1.165) is 11.3 Å². The Morgan fingerprint density at radius 1 is 1.43 bits per heavy atom. The van der Waals surface area contributed by atoms with Crippen LogP contribution in [0.25, 0.3) is 11.3 Å². The number of benzene rings is 1. The Balaban J connectivity index is 2.10. The largest absolute Gasteiger partial charge is 0.480 e. The number of carboxylic acid groups (broad SMARTS) is 1. The maximum absolute atomic E-state index is 10.8. The number of rotatable bonds is 6. The molecule has 0 aliphatic rings.